The fourth-order valence-electron chi connectivity index (χ4n) is 3.74. The second-order valence-corrected chi connectivity index (χ2v) is 7.67. The number of nitrogens with one attached hydrogen (secondary N) is 1. The van der Waals surface area contributed by atoms with Gasteiger partial charge < -0.3 is 25.6 Å². The predicted molar refractivity (Wildman–Crippen MR) is 108 cm³/mol. The van der Waals surface area contributed by atoms with Crippen molar-refractivity contribution < 1.29 is 22.7 Å². The minimum absolute atomic E-state index is 0.0928. The van der Waals surface area contributed by atoms with E-state index in [1.807, 2.05) is 0 Å². The van der Waals surface area contributed by atoms with Gasteiger partial charge in [-0.25, -0.2) is 19.7 Å². The molecule has 0 spiro atoms. The molecule has 0 aliphatic carbocycles. The van der Waals surface area contributed by atoms with Crippen molar-refractivity contribution in [2.45, 2.75) is 38.8 Å². The van der Waals surface area contributed by atoms with Crippen molar-refractivity contribution >= 4 is 11.8 Å². The van der Waals surface area contributed by atoms with Gasteiger partial charge in [-0.05, 0) is 19.1 Å². The Hall–Kier alpha value is -2.99. The van der Waals surface area contributed by atoms with Gasteiger partial charge in [0.15, 0.2) is 0 Å². The number of hydrogen-bond acceptors (Lipinski definition) is 7. The summed E-state index contributed by atoms with van der Waals surface area (Å²) in [5.41, 5.74) is 6.41. The van der Waals surface area contributed by atoms with Gasteiger partial charge >= 0.3 is 12.2 Å². The van der Waals surface area contributed by atoms with Crippen LogP contribution in [0.4, 0.5) is 23.8 Å². The fraction of sp³-hybridized carbons (Fsp3) is 0.500. The number of ether oxygens (including phenoxy) is 1. The Balaban J connectivity index is 1.56. The van der Waals surface area contributed by atoms with Gasteiger partial charge in [0.2, 0.25) is 0 Å². The molecule has 2 aromatic rings. The molecule has 0 bridgehead atoms. The highest BCUT2D eigenvalue weighted by atomic mass is 19.4. The summed E-state index contributed by atoms with van der Waals surface area (Å²) in [6.07, 6.45) is -4.53. The first-order chi connectivity index (χ1) is 15.3. The first-order valence-electron chi connectivity index (χ1n) is 10.3. The molecular formula is C20H24F3N7O2. The van der Waals surface area contributed by atoms with Crippen LogP contribution < -0.4 is 11.1 Å². The van der Waals surface area contributed by atoms with Crippen LogP contribution in [-0.4, -0.2) is 57.1 Å². The van der Waals surface area contributed by atoms with Crippen LogP contribution in [0.2, 0.25) is 0 Å². The summed E-state index contributed by atoms with van der Waals surface area (Å²) in [6, 6.07) is 3.10. The number of aromatic nitrogens is 3. The van der Waals surface area contributed by atoms with Crippen LogP contribution in [0.25, 0.3) is 0 Å². The number of alkyl halides is 3. The summed E-state index contributed by atoms with van der Waals surface area (Å²) in [5.74, 6) is 0.829. The summed E-state index contributed by atoms with van der Waals surface area (Å²) in [5, 5.41) is 3.14. The number of morpholine rings is 1. The van der Waals surface area contributed by atoms with Crippen molar-refractivity contribution in [2.75, 3.05) is 31.6 Å². The molecule has 9 nitrogen and oxygen atoms in total. The van der Waals surface area contributed by atoms with E-state index in [1.165, 1.54) is 12.1 Å². The number of halogens is 3. The number of pyridine rings is 1. The molecule has 172 valence electrons. The van der Waals surface area contributed by atoms with Crippen LogP contribution in [0.5, 0.6) is 0 Å². The number of urea groups is 1. The summed E-state index contributed by atoms with van der Waals surface area (Å²) in [4.78, 5) is 28.9. The molecule has 2 amide bonds. The fourth-order valence-corrected chi connectivity index (χ4v) is 3.74. The molecule has 3 N–H and O–H groups in total. The Kier molecular flexibility index (Phi) is 6.15. The van der Waals surface area contributed by atoms with Crippen molar-refractivity contribution in [2.24, 2.45) is 5.73 Å². The van der Waals surface area contributed by atoms with Gasteiger partial charge in [-0.3, -0.25) is 0 Å². The zero-order valence-electron chi connectivity index (χ0n) is 17.5. The van der Waals surface area contributed by atoms with Crippen LogP contribution in [0.3, 0.4) is 0 Å². The van der Waals surface area contributed by atoms with E-state index in [2.05, 4.69) is 20.3 Å². The standard InChI is InChI=1S/C20H24F3N7O2/c1-12(14-3-2-4-16(26-14)20(21,22)23)25-18-13-10-30(11-15(13)27-17(9-24)28-18)19(31)29-5-7-32-8-6-29/h2-4,12H,5-11,24H2,1H3,(H,25,27,28)/t12-/m1/s1. The molecule has 32 heavy (non-hydrogen) atoms. The Morgan fingerprint density at radius 1 is 1.19 bits per heavy atom. The first-order valence-corrected chi connectivity index (χ1v) is 10.3. The highest BCUT2D eigenvalue weighted by molar-refractivity contribution is 5.76. The molecule has 0 radical (unpaired) electrons. The monoisotopic (exact) mass is 451 g/mol. The van der Waals surface area contributed by atoms with Crippen molar-refractivity contribution in [1.82, 2.24) is 24.8 Å². The Bertz CT molecular complexity index is 996. The van der Waals surface area contributed by atoms with Gasteiger partial charge in [0, 0.05) is 18.7 Å². The molecule has 4 heterocycles. The molecule has 0 aromatic carbocycles. The zero-order valence-corrected chi connectivity index (χ0v) is 17.5. The lowest BCUT2D eigenvalue weighted by molar-refractivity contribution is -0.141. The molecule has 2 aliphatic heterocycles. The van der Waals surface area contributed by atoms with E-state index in [0.29, 0.717) is 56.7 Å². The third-order valence-corrected chi connectivity index (χ3v) is 5.42. The van der Waals surface area contributed by atoms with E-state index < -0.39 is 17.9 Å². The molecule has 1 saturated heterocycles. The van der Waals surface area contributed by atoms with Crippen LogP contribution in [0.15, 0.2) is 18.2 Å². The van der Waals surface area contributed by atoms with Crippen LogP contribution in [-0.2, 0) is 30.5 Å². The van der Waals surface area contributed by atoms with Gasteiger partial charge in [0.1, 0.15) is 17.3 Å². The number of fused-ring (bicyclic) bond motifs is 1. The lowest BCUT2D eigenvalue weighted by Crippen LogP contribution is -2.46. The molecular weight excluding hydrogens is 427 g/mol. The van der Waals surface area contributed by atoms with E-state index in [9.17, 15) is 18.0 Å². The van der Waals surface area contributed by atoms with E-state index >= 15 is 0 Å². The first kappa shape index (κ1) is 22.2. The highest BCUT2D eigenvalue weighted by Gasteiger charge is 2.34. The van der Waals surface area contributed by atoms with Crippen LogP contribution in [0, 0.1) is 0 Å². The number of rotatable bonds is 4. The normalized spacial score (nSPS) is 17.3. The van der Waals surface area contributed by atoms with Crippen molar-refractivity contribution in [1.29, 1.82) is 0 Å². The van der Waals surface area contributed by atoms with E-state index in [-0.39, 0.29) is 18.3 Å². The topological polar surface area (TPSA) is 109 Å². The molecule has 12 heteroatoms. The van der Waals surface area contributed by atoms with Crippen molar-refractivity contribution in [3.05, 3.63) is 46.7 Å². The summed E-state index contributed by atoms with van der Waals surface area (Å²) in [6.45, 7) is 4.44. The second-order valence-electron chi connectivity index (χ2n) is 7.67. The minimum atomic E-state index is -4.53. The summed E-state index contributed by atoms with van der Waals surface area (Å²) >= 11 is 0. The molecule has 2 aromatic heterocycles. The molecule has 4 rings (SSSR count). The zero-order chi connectivity index (χ0) is 22.9. The average molecular weight is 451 g/mol. The van der Waals surface area contributed by atoms with Crippen molar-refractivity contribution in [3.63, 3.8) is 0 Å². The number of nitrogens with two attached hydrogens (primary N) is 1. The van der Waals surface area contributed by atoms with E-state index in [1.54, 1.807) is 16.7 Å². The third kappa shape index (κ3) is 4.60. The third-order valence-electron chi connectivity index (χ3n) is 5.42. The van der Waals surface area contributed by atoms with E-state index in [0.717, 1.165) is 11.6 Å². The van der Waals surface area contributed by atoms with Crippen LogP contribution >= 0.6 is 0 Å². The number of amides is 2. The number of nitrogens with zero attached hydrogens (tertiary/aromatic N) is 5. The molecule has 0 unspecified atom stereocenters. The molecule has 2 aliphatic rings. The van der Waals surface area contributed by atoms with Gasteiger partial charge in [-0.2, -0.15) is 13.2 Å². The van der Waals surface area contributed by atoms with Crippen molar-refractivity contribution in [3.8, 4) is 0 Å². The van der Waals surface area contributed by atoms with E-state index in [4.69, 9.17) is 10.5 Å². The summed E-state index contributed by atoms with van der Waals surface area (Å²) in [7, 11) is 0. The predicted octanol–water partition coefficient (Wildman–Crippen LogP) is 2.29. The average Bonchev–Trinajstić information content (AvgIpc) is 3.23. The second kappa shape index (κ2) is 8.87. The van der Waals surface area contributed by atoms with Gasteiger partial charge in [0.05, 0.1) is 50.3 Å². The van der Waals surface area contributed by atoms with Gasteiger partial charge in [-0.15, -0.1) is 0 Å². The Morgan fingerprint density at radius 2 is 1.94 bits per heavy atom. The van der Waals surface area contributed by atoms with Gasteiger partial charge in [-0.1, -0.05) is 6.07 Å². The SMILES string of the molecule is C[C@@H](Nc1nc(CN)nc2c1CN(C(=O)N1CCOCC1)C2)c1cccc(C(F)(F)F)n1. The maximum absolute atomic E-state index is 13.0. The van der Waals surface area contributed by atoms with Gasteiger partial charge in [0.25, 0.3) is 0 Å². The lowest BCUT2D eigenvalue weighted by Gasteiger charge is -2.30. The smallest absolute Gasteiger partial charge is 0.378 e. The largest absolute Gasteiger partial charge is 0.433 e. The quantitative estimate of drug-likeness (QED) is 0.734. The molecule has 1 fully saturated rings. The number of anilines is 1. The maximum Gasteiger partial charge on any atom is 0.433 e. The maximum atomic E-state index is 13.0. The number of hydrogen-bond donors (Lipinski definition) is 2. The molecule has 0 saturated carbocycles. The molecule has 1 atom stereocenters. The highest BCUT2D eigenvalue weighted by Crippen LogP contribution is 2.31. The number of carbonyl (C=O) groups excluding carboxylic acids is 1. The Morgan fingerprint density at radius 3 is 2.62 bits per heavy atom. The lowest BCUT2D eigenvalue weighted by atomic mass is 10.1. The number of carbonyl (C=O) groups is 1. The summed E-state index contributed by atoms with van der Waals surface area (Å²) < 4.78 is 44.4. The minimum Gasteiger partial charge on any atom is -0.378 e. The Labute approximate surface area is 182 Å². The van der Waals surface area contributed by atoms with Crippen LogP contribution in [0.1, 0.15) is 41.4 Å².